The van der Waals surface area contributed by atoms with Crippen LogP contribution in [0.5, 0.6) is 0 Å². The van der Waals surface area contributed by atoms with Crippen LogP contribution in [-0.2, 0) is 16.4 Å². The maximum absolute atomic E-state index is 11.7. The fourth-order valence-corrected chi connectivity index (χ4v) is 2.70. The Balaban J connectivity index is 2.73. The van der Waals surface area contributed by atoms with Crippen LogP contribution in [0.15, 0.2) is 24.3 Å². The first-order valence-corrected chi connectivity index (χ1v) is 7.49. The molecule has 0 aromatic heterocycles. The van der Waals surface area contributed by atoms with Gasteiger partial charge in [0.15, 0.2) is 0 Å². The Morgan fingerprint density at radius 3 is 2.24 bits per heavy atom. The fraction of sp³-hybridized carbons (Fsp3) is 0.538. The summed E-state index contributed by atoms with van der Waals surface area (Å²) in [5, 5.41) is 0. The Morgan fingerprint density at radius 1 is 1.24 bits per heavy atom. The molecule has 0 fully saturated rings. The molecule has 1 aromatic carbocycles. The van der Waals surface area contributed by atoms with Gasteiger partial charge in [-0.15, -0.1) is 0 Å². The zero-order valence-corrected chi connectivity index (χ0v) is 11.8. The lowest BCUT2D eigenvalue weighted by atomic mass is 10.1. The largest absolute Gasteiger partial charge is 0.213 e. The van der Waals surface area contributed by atoms with Crippen molar-refractivity contribution in [2.75, 3.05) is 12.8 Å². The Morgan fingerprint density at radius 2 is 1.76 bits per heavy atom. The minimum Gasteiger partial charge on any atom is -0.212 e. The first-order chi connectivity index (χ1) is 7.86. The molecule has 0 N–H and O–H groups in total. The number of benzene rings is 1. The van der Waals surface area contributed by atoms with E-state index in [2.05, 4.69) is 24.3 Å². The quantitative estimate of drug-likeness (QED) is 0.809. The summed E-state index contributed by atoms with van der Waals surface area (Å²) in [5.74, 6) is 0.155. The molecule has 96 valence electrons. The van der Waals surface area contributed by atoms with E-state index >= 15 is 0 Å². The van der Waals surface area contributed by atoms with Gasteiger partial charge in [0, 0.05) is 13.1 Å². The number of hydrogen-bond acceptors (Lipinski definition) is 2. The van der Waals surface area contributed by atoms with Crippen LogP contribution in [-0.4, -0.2) is 31.6 Å². The molecule has 0 aliphatic heterocycles. The molecule has 0 radical (unpaired) electrons. The first kappa shape index (κ1) is 14.2. The second kappa shape index (κ2) is 5.65. The molecule has 1 unspecified atom stereocenters. The average molecular weight is 255 g/mol. The van der Waals surface area contributed by atoms with E-state index in [1.54, 1.807) is 14.0 Å². The second-order valence-corrected chi connectivity index (χ2v) is 6.77. The molecule has 0 spiro atoms. The zero-order chi connectivity index (χ0) is 13.1. The number of rotatable bonds is 5. The standard InChI is InChI=1S/C13H21NO2S/c1-5-17(15,16)14(4)12(3)10-13-8-6-11(2)7-9-13/h6-9,12H,5,10H2,1-4H3. The number of aryl methyl sites for hydroxylation is 1. The van der Waals surface area contributed by atoms with Gasteiger partial charge in [-0.25, -0.2) is 12.7 Å². The third-order valence-electron chi connectivity index (χ3n) is 3.08. The minimum atomic E-state index is -3.09. The van der Waals surface area contributed by atoms with Crippen molar-refractivity contribution in [2.24, 2.45) is 0 Å². The van der Waals surface area contributed by atoms with Gasteiger partial charge >= 0.3 is 0 Å². The molecule has 1 atom stereocenters. The molecule has 4 heteroatoms. The molecular weight excluding hydrogens is 234 g/mol. The second-order valence-electron chi connectivity index (χ2n) is 4.46. The lowest BCUT2D eigenvalue weighted by molar-refractivity contribution is 0.387. The summed E-state index contributed by atoms with van der Waals surface area (Å²) in [6.45, 7) is 5.65. The predicted molar refractivity (Wildman–Crippen MR) is 71.6 cm³/mol. The molecule has 0 amide bonds. The van der Waals surface area contributed by atoms with Crippen molar-refractivity contribution >= 4 is 10.0 Å². The van der Waals surface area contributed by atoms with Crippen molar-refractivity contribution in [3.63, 3.8) is 0 Å². The van der Waals surface area contributed by atoms with Gasteiger partial charge < -0.3 is 0 Å². The van der Waals surface area contributed by atoms with Gasteiger partial charge in [0.25, 0.3) is 0 Å². The lowest BCUT2D eigenvalue weighted by Crippen LogP contribution is -2.37. The fourth-order valence-electron chi connectivity index (χ4n) is 1.67. The van der Waals surface area contributed by atoms with Crippen LogP contribution in [0.25, 0.3) is 0 Å². The normalized spacial score (nSPS) is 13.9. The lowest BCUT2D eigenvalue weighted by Gasteiger charge is -2.23. The number of nitrogens with zero attached hydrogens (tertiary/aromatic N) is 1. The highest BCUT2D eigenvalue weighted by Crippen LogP contribution is 2.12. The maximum Gasteiger partial charge on any atom is 0.213 e. The third-order valence-corrected chi connectivity index (χ3v) is 5.04. The van der Waals surface area contributed by atoms with Crippen LogP contribution in [0.1, 0.15) is 25.0 Å². The summed E-state index contributed by atoms with van der Waals surface area (Å²) in [6.07, 6.45) is 0.746. The van der Waals surface area contributed by atoms with Crippen molar-refractivity contribution in [2.45, 2.75) is 33.2 Å². The van der Waals surface area contributed by atoms with Crippen molar-refractivity contribution in [3.8, 4) is 0 Å². The number of sulfonamides is 1. The summed E-state index contributed by atoms with van der Waals surface area (Å²) in [5.41, 5.74) is 2.39. The Hall–Kier alpha value is -0.870. The molecule has 17 heavy (non-hydrogen) atoms. The van der Waals surface area contributed by atoms with E-state index in [1.807, 2.05) is 13.8 Å². The Bertz CT molecular complexity index is 451. The molecule has 0 saturated heterocycles. The van der Waals surface area contributed by atoms with Crippen molar-refractivity contribution in [1.82, 2.24) is 4.31 Å². The topological polar surface area (TPSA) is 37.4 Å². The van der Waals surface area contributed by atoms with Gasteiger partial charge in [0.05, 0.1) is 5.75 Å². The summed E-state index contributed by atoms with van der Waals surface area (Å²) < 4.78 is 24.9. The van der Waals surface area contributed by atoms with E-state index in [-0.39, 0.29) is 11.8 Å². The molecule has 0 aliphatic carbocycles. The van der Waals surface area contributed by atoms with Gasteiger partial charge in [-0.05, 0) is 32.8 Å². The number of likely N-dealkylation sites (N-methyl/N-ethyl adjacent to an activating group) is 1. The van der Waals surface area contributed by atoms with Crippen LogP contribution in [0, 0.1) is 6.92 Å². The van der Waals surface area contributed by atoms with E-state index in [0.717, 1.165) is 6.42 Å². The SMILES string of the molecule is CCS(=O)(=O)N(C)C(C)Cc1ccc(C)cc1. The molecular formula is C13H21NO2S. The smallest absolute Gasteiger partial charge is 0.212 e. The summed E-state index contributed by atoms with van der Waals surface area (Å²) in [4.78, 5) is 0. The van der Waals surface area contributed by atoms with Gasteiger partial charge in [0.1, 0.15) is 0 Å². The van der Waals surface area contributed by atoms with E-state index in [9.17, 15) is 8.42 Å². The highest BCUT2D eigenvalue weighted by molar-refractivity contribution is 7.89. The molecule has 0 heterocycles. The third kappa shape index (κ3) is 3.82. The summed E-state index contributed by atoms with van der Waals surface area (Å²) in [7, 11) is -1.44. The highest BCUT2D eigenvalue weighted by atomic mass is 32.2. The average Bonchev–Trinajstić information content (AvgIpc) is 2.31. The van der Waals surface area contributed by atoms with E-state index in [0.29, 0.717) is 0 Å². The Labute approximate surface area is 105 Å². The van der Waals surface area contributed by atoms with Crippen molar-refractivity contribution in [1.29, 1.82) is 0 Å². The van der Waals surface area contributed by atoms with E-state index in [4.69, 9.17) is 0 Å². The van der Waals surface area contributed by atoms with E-state index in [1.165, 1.54) is 15.4 Å². The van der Waals surface area contributed by atoms with Crippen LogP contribution in [0.4, 0.5) is 0 Å². The van der Waals surface area contributed by atoms with E-state index < -0.39 is 10.0 Å². The summed E-state index contributed by atoms with van der Waals surface area (Å²) in [6, 6.07) is 8.20. The molecule has 0 bridgehead atoms. The Kier molecular flexibility index (Phi) is 4.71. The molecule has 0 aliphatic rings. The van der Waals surface area contributed by atoms with Crippen molar-refractivity contribution in [3.05, 3.63) is 35.4 Å². The maximum atomic E-state index is 11.7. The minimum absolute atomic E-state index is 0.0114. The van der Waals surface area contributed by atoms with Crippen LogP contribution in [0.3, 0.4) is 0 Å². The van der Waals surface area contributed by atoms with Gasteiger partial charge in [-0.3, -0.25) is 0 Å². The molecule has 1 aromatic rings. The van der Waals surface area contributed by atoms with Crippen LogP contribution < -0.4 is 0 Å². The highest BCUT2D eigenvalue weighted by Gasteiger charge is 2.21. The monoisotopic (exact) mass is 255 g/mol. The summed E-state index contributed by atoms with van der Waals surface area (Å²) >= 11 is 0. The molecule has 3 nitrogen and oxygen atoms in total. The van der Waals surface area contributed by atoms with Crippen LogP contribution >= 0.6 is 0 Å². The number of hydrogen-bond donors (Lipinski definition) is 0. The zero-order valence-electron chi connectivity index (χ0n) is 11.0. The van der Waals surface area contributed by atoms with Gasteiger partial charge in [-0.1, -0.05) is 29.8 Å². The van der Waals surface area contributed by atoms with Crippen molar-refractivity contribution < 1.29 is 8.42 Å². The molecule has 0 saturated carbocycles. The van der Waals surface area contributed by atoms with Crippen LogP contribution in [0.2, 0.25) is 0 Å². The first-order valence-electron chi connectivity index (χ1n) is 5.88. The predicted octanol–water partition coefficient (Wildman–Crippen LogP) is 2.21. The van der Waals surface area contributed by atoms with Gasteiger partial charge in [-0.2, -0.15) is 0 Å². The van der Waals surface area contributed by atoms with Gasteiger partial charge in [0.2, 0.25) is 10.0 Å². The molecule has 1 rings (SSSR count).